The van der Waals surface area contributed by atoms with Crippen LogP contribution in [0.1, 0.15) is 29.3 Å². The number of rotatable bonds is 3. The lowest BCUT2D eigenvalue weighted by molar-refractivity contribution is -0.120. The zero-order valence-electron chi connectivity index (χ0n) is 11.5. The molecule has 2 amide bonds. The summed E-state index contributed by atoms with van der Waals surface area (Å²) in [6, 6.07) is 5.17. The maximum atomic E-state index is 12.2. The lowest BCUT2D eigenvalue weighted by Crippen LogP contribution is -2.27. The quantitative estimate of drug-likeness (QED) is 0.843. The molecule has 1 aromatic rings. The topological polar surface area (TPSA) is 58.2 Å². The van der Waals surface area contributed by atoms with Crippen molar-refractivity contribution in [1.29, 1.82) is 0 Å². The predicted octanol–water partition coefficient (Wildman–Crippen LogP) is 2.88. The van der Waals surface area contributed by atoms with Crippen LogP contribution in [0.25, 0.3) is 0 Å². The van der Waals surface area contributed by atoms with Crippen LogP contribution in [0.15, 0.2) is 18.2 Å². The maximum absolute atomic E-state index is 12.2. The molecule has 0 radical (unpaired) electrons. The Kier molecular flexibility index (Phi) is 3.73. The molecule has 20 heavy (non-hydrogen) atoms. The van der Waals surface area contributed by atoms with E-state index in [4.69, 9.17) is 23.2 Å². The Balaban J connectivity index is 2.23. The van der Waals surface area contributed by atoms with Crippen molar-refractivity contribution in [2.75, 3.05) is 12.4 Å². The minimum Gasteiger partial charge on any atom is -0.355 e. The number of halogens is 2. The number of anilines is 1. The van der Waals surface area contributed by atoms with E-state index in [0.29, 0.717) is 23.2 Å². The number of hydrogen-bond acceptors (Lipinski definition) is 2. The molecular weight excluding hydrogens is 299 g/mol. The van der Waals surface area contributed by atoms with Crippen LogP contribution in [-0.4, -0.2) is 23.2 Å². The lowest BCUT2D eigenvalue weighted by atomic mass is 10.0. The van der Waals surface area contributed by atoms with Crippen LogP contribution in [0.3, 0.4) is 0 Å². The molecule has 2 N–H and O–H groups in total. The molecule has 0 saturated heterocycles. The molecule has 0 bridgehead atoms. The summed E-state index contributed by atoms with van der Waals surface area (Å²) in [6.45, 7) is 3.50. The van der Waals surface area contributed by atoms with Crippen molar-refractivity contribution in [3.63, 3.8) is 0 Å². The lowest BCUT2D eigenvalue weighted by Gasteiger charge is -2.15. The zero-order valence-corrected chi connectivity index (χ0v) is 13.0. The van der Waals surface area contributed by atoms with Crippen LogP contribution in [0.4, 0.5) is 5.69 Å². The maximum Gasteiger partial charge on any atom is 0.251 e. The summed E-state index contributed by atoms with van der Waals surface area (Å²) < 4.78 is -1.01. The first-order chi connectivity index (χ1) is 9.23. The Morgan fingerprint density at radius 1 is 1.30 bits per heavy atom. The molecule has 1 aliphatic rings. The van der Waals surface area contributed by atoms with E-state index in [0.717, 1.165) is 0 Å². The van der Waals surface area contributed by atoms with Gasteiger partial charge in [0, 0.05) is 18.3 Å². The summed E-state index contributed by atoms with van der Waals surface area (Å²) in [5.74, 6) is -0.431. The molecule has 0 unspecified atom stereocenters. The van der Waals surface area contributed by atoms with E-state index in [1.54, 1.807) is 39.1 Å². The summed E-state index contributed by atoms with van der Waals surface area (Å²) in [5.41, 5.74) is 1.03. The minimum absolute atomic E-state index is 0.194. The third kappa shape index (κ3) is 2.38. The fourth-order valence-electron chi connectivity index (χ4n) is 2.06. The number of benzene rings is 1. The molecule has 1 saturated carbocycles. The molecule has 0 spiro atoms. The third-order valence-corrected chi connectivity index (χ3v) is 4.91. The average Bonchev–Trinajstić information content (AvgIpc) is 2.91. The van der Waals surface area contributed by atoms with E-state index in [2.05, 4.69) is 10.6 Å². The Morgan fingerprint density at radius 3 is 2.40 bits per heavy atom. The van der Waals surface area contributed by atoms with Gasteiger partial charge in [-0.15, -0.1) is 23.2 Å². The molecule has 1 aliphatic carbocycles. The first-order valence-electron chi connectivity index (χ1n) is 6.24. The molecular formula is C14H16Cl2N2O2. The van der Waals surface area contributed by atoms with Gasteiger partial charge < -0.3 is 10.6 Å². The number of hydrogen-bond donors (Lipinski definition) is 2. The molecule has 2 rings (SSSR count). The van der Waals surface area contributed by atoms with Gasteiger partial charge in [0.1, 0.15) is 4.33 Å². The van der Waals surface area contributed by atoms with Crippen molar-refractivity contribution < 1.29 is 9.59 Å². The number of carbonyl (C=O) groups is 2. The highest BCUT2D eigenvalue weighted by Gasteiger charge is 2.67. The Hall–Kier alpha value is -1.26. The first kappa shape index (κ1) is 15.1. The third-order valence-electron chi connectivity index (χ3n) is 3.81. The number of carbonyl (C=O) groups excluding carboxylic acids is 2. The number of amides is 2. The van der Waals surface area contributed by atoms with Crippen LogP contribution in [-0.2, 0) is 4.79 Å². The number of alkyl halides is 2. The van der Waals surface area contributed by atoms with Gasteiger partial charge in [-0.3, -0.25) is 9.59 Å². The van der Waals surface area contributed by atoms with Crippen molar-refractivity contribution in [1.82, 2.24) is 5.32 Å². The van der Waals surface area contributed by atoms with Gasteiger partial charge >= 0.3 is 0 Å². The monoisotopic (exact) mass is 314 g/mol. The van der Waals surface area contributed by atoms with E-state index < -0.39 is 9.75 Å². The van der Waals surface area contributed by atoms with E-state index >= 15 is 0 Å². The summed E-state index contributed by atoms with van der Waals surface area (Å²) in [7, 11) is 1.56. The molecule has 6 heteroatoms. The van der Waals surface area contributed by atoms with Gasteiger partial charge in [-0.2, -0.15) is 0 Å². The highest BCUT2D eigenvalue weighted by Crippen LogP contribution is 2.64. The van der Waals surface area contributed by atoms with Gasteiger partial charge in [0.2, 0.25) is 5.91 Å². The largest absolute Gasteiger partial charge is 0.355 e. The van der Waals surface area contributed by atoms with E-state index in [1.165, 1.54) is 0 Å². The molecule has 0 aromatic heterocycles. The highest BCUT2D eigenvalue weighted by molar-refractivity contribution is 6.53. The second kappa shape index (κ2) is 4.93. The summed E-state index contributed by atoms with van der Waals surface area (Å²) >= 11 is 12.0. The normalized spacial score (nSPS) is 23.1. The smallest absolute Gasteiger partial charge is 0.251 e. The van der Waals surface area contributed by atoms with Crippen LogP contribution in [0.2, 0.25) is 0 Å². The van der Waals surface area contributed by atoms with Gasteiger partial charge in [0.05, 0.1) is 5.41 Å². The fraction of sp³-hybridized carbons (Fsp3) is 0.429. The fourth-order valence-corrected chi connectivity index (χ4v) is 2.76. The summed E-state index contributed by atoms with van der Waals surface area (Å²) in [4.78, 5) is 24.0. The van der Waals surface area contributed by atoms with E-state index in [9.17, 15) is 9.59 Å². The Bertz CT molecular complexity index is 587. The molecule has 1 aromatic carbocycles. The molecule has 108 valence electrons. The molecule has 4 nitrogen and oxygen atoms in total. The minimum atomic E-state index is -1.01. The van der Waals surface area contributed by atoms with E-state index in [-0.39, 0.29) is 11.8 Å². The zero-order chi connectivity index (χ0) is 15.1. The van der Waals surface area contributed by atoms with Crippen LogP contribution < -0.4 is 10.6 Å². The molecule has 1 fully saturated rings. The molecule has 1 atom stereocenters. The van der Waals surface area contributed by atoms with Crippen LogP contribution in [0, 0.1) is 12.3 Å². The van der Waals surface area contributed by atoms with Crippen molar-refractivity contribution >= 4 is 40.7 Å². The van der Waals surface area contributed by atoms with Gasteiger partial charge in [0.15, 0.2) is 0 Å². The van der Waals surface area contributed by atoms with Crippen molar-refractivity contribution in [2.45, 2.75) is 24.6 Å². The highest BCUT2D eigenvalue weighted by atomic mass is 35.5. The Morgan fingerprint density at radius 2 is 1.90 bits per heavy atom. The Labute approximate surface area is 127 Å². The summed E-state index contributed by atoms with van der Waals surface area (Å²) in [5, 5.41) is 5.36. The van der Waals surface area contributed by atoms with Crippen molar-refractivity contribution in [3.8, 4) is 0 Å². The van der Waals surface area contributed by atoms with Gasteiger partial charge in [0.25, 0.3) is 5.91 Å². The van der Waals surface area contributed by atoms with E-state index in [1.807, 2.05) is 0 Å². The predicted molar refractivity (Wildman–Crippen MR) is 80.4 cm³/mol. The van der Waals surface area contributed by atoms with Gasteiger partial charge in [-0.05, 0) is 38.0 Å². The second-order valence-corrected chi connectivity index (χ2v) is 6.71. The summed E-state index contributed by atoms with van der Waals surface area (Å²) in [6.07, 6.45) is 0.420. The molecule has 0 heterocycles. The average molecular weight is 315 g/mol. The molecule has 0 aliphatic heterocycles. The second-order valence-electron chi connectivity index (χ2n) is 5.22. The number of nitrogens with one attached hydrogen (secondary N) is 2. The van der Waals surface area contributed by atoms with Crippen LogP contribution in [0.5, 0.6) is 0 Å². The SMILES string of the molecule is CNC(=O)c1cccc(NC(=O)[C@@]2(C)CC2(Cl)Cl)c1C. The van der Waals surface area contributed by atoms with Gasteiger partial charge in [-0.1, -0.05) is 6.07 Å². The van der Waals surface area contributed by atoms with Gasteiger partial charge in [-0.25, -0.2) is 0 Å². The van der Waals surface area contributed by atoms with Crippen LogP contribution >= 0.6 is 23.2 Å². The standard InChI is InChI=1S/C14H16Cl2N2O2/c1-8-9(11(19)17-3)5-4-6-10(8)18-12(20)13(2)7-14(13,15)16/h4-6H,7H2,1-3H3,(H,17,19)(H,18,20)/t13-/m1/s1. The first-order valence-corrected chi connectivity index (χ1v) is 6.99. The van der Waals surface area contributed by atoms with Crippen molar-refractivity contribution in [2.24, 2.45) is 5.41 Å². The van der Waals surface area contributed by atoms with Crippen molar-refractivity contribution in [3.05, 3.63) is 29.3 Å².